The molecule has 0 bridgehead atoms. The normalized spacial score (nSPS) is 12.5. The highest BCUT2D eigenvalue weighted by atomic mass is 16.3. The van der Waals surface area contributed by atoms with Gasteiger partial charge in [0.2, 0.25) is 5.95 Å². The fourth-order valence-corrected chi connectivity index (χ4v) is 2.11. The van der Waals surface area contributed by atoms with E-state index in [-0.39, 0.29) is 5.95 Å². The topological polar surface area (TPSA) is 113 Å². The molecular formula is C14H16N6O. The molecule has 2 heterocycles. The predicted octanol–water partition coefficient (Wildman–Crippen LogP) is 1.39. The Hall–Kier alpha value is -2.67. The number of hydrogen-bond acceptors (Lipinski definition) is 6. The summed E-state index contributed by atoms with van der Waals surface area (Å²) in [6.45, 7) is 2.10. The summed E-state index contributed by atoms with van der Waals surface area (Å²) in [4.78, 5) is 8.45. The van der Waals surface area contributed by atoms with Crippen molar-refractivity contribution in [3.05, 3.63) is 30.5 Å². The minimum atomic E-state index is -0.472. The number of aromatic amines is 1. The second-order valence-electron chi connectivity index (χ2n) is 4.86. The lowest BCUT2D eigenvalue weighted by Gasteiger charge is -2.11. The Labute approximate surface area is 121 Å². The monoisotopic (exact) mass is 284 g/mol. The van der Waals surface area contributed by atoms with E-state index in [0.29, 0.717) is 12.4 Å². The smallest absolute Gasteiger partial charge is 0.222 e. The second-order valence-corrected chi connectivity index (χ2v) is 4.86. The van der Waals surface area contributed by atoms with Gasteiger partial charge >= 0.3 is 0 Å². The van der Waals surface area contributed by atoms with Gasteiger partial charge in [0.25, 0.3) is 0 Å². The Balaban J connectivity index is 2.05. The third-order valence-electron chi connectivity index (χ3n) is 3.09. The third kappa shape index (κ3) is 2.77. The first-order valence-corrected chi connectivity index (χ1v) is 6.62. The zero-order valence-electron chi connectivity index (χ0n) is 11.5. The molecule has 0 radical (unpaired) electrons. The van der Waals surface area contributed by atoms with Crippen LogP contribution in [0, 0.1) is 0 Å². The Kier molecular flexibility index (Phi) is 3.41. The van der Waals surface area contributed by atoms with E-state index in [1.54, 1.807) is 13.1 Å². The number of fused-ring (bicyclic) bond motifs is 1. The minimum Gasteiger partial charge on any atom is -0.392 e. The summed E-state index contributed by atoms with van der Waals surface area (Å²) in [6.07, 6.45) is 1.23. The summed E-state index contributed by atoms with van der Waals surface area (Å²) in [6, 6.07) is 7.70. The highest BCUT2D eigenvalue weighted by Gasteiger charge is 2.09. The molecule has 3 aromatic rings. The first-order chi connectivity index (χ1) is 10.1. The predicted molar refractivity (Wildman–Crippen MR) is 81.7 cm³/mol. The molecule has 0 saturated carbocycles. The van der Waals surface area contributed by atoms with Crippen LogP contribution in [0.15, 0.2) is 30.5 Å². The van der Waals surface area contributed by atoms with Crippen molar-refractivity contribution in [2.45, 2.75) is 13.0 Å². The van der Waals surface area contributed by atoms with E-state index in [0.717, 1.165) is 22.2 Å². The summed E-state index contributed by atoms with van der Waals surface area (Å²) in [5.41, 5.74) is 8.38. The van der Waals surface area contributed by atoms with Crippen LogP contribution in [0.3, 0.4) is 0 Å². The van der Waals surface area contributed by atoms with E-state index in [1.165, 1.54) is 0 Å². The largest absolute Gasteiger partial charge is 0.392 e. The van der Waals surface area contributed by atoms with Gasteiger partial charge in [0.1, 0.15) is 5.82 Å². The molecule has 21 heavy (non-hydrogen) atoms. The van der Waals surface area contributed by atoms with Gasteiger partial charge in [-0.3, -0.25) is 5.10 Å². The van der Waals surface area contributed by atoms with Crippen molar-refractivity contribution >= 4 is 22.7 Å². The quantitative estimate of drug-likeness (QED) is 0.576. The molecule has 7 heteroatoms. The Morgan fingerprint density at radius 2 is 2.19 bits per heavy atom. The average molecular weight is 284 g/mol. The molecule has 1 unspecified atom stereocenters. The van der Waals surface area contributed by atoms with Crippen LogP contribution in [-0.4, -0.2) is 37.9 Å². The van der Waals surface area contributed by atoms with Crippen LogP contribution in [0.1, 0.15) is 6.92 Å². The van der Waals surface area contributed by atoms with Crippen molar-refractivity contribution in [2.24, 2.45) is 0 Å². The highest BCUT2D eigenvalue weighted by Crippen LogP contribution is 2.26. The van der Waals surface area contributed by atoms with Gasteiger partial charge in [-0.25, -0.2) is 4.98 Å². The van der Waals surface area contributed by atoms with Crippen LogP contribution in [0.5, 0.6) is 0 Å². The zero-order valence-corrected chi connectivity index (χ0v) is 11.5. The summed E-state index contributed by atoms with van der Waals surface area (Å²) < 4.78 is 0. The van der Waals surface area contributed by atoms with Gasteiger partial charge in [-0.15, -0.1) is 0 Å². The molecule has 1 aromatic carbocycles. The van der Waals surface area contributed by atoms with E-state index in [2.05, 4.69) is 25.5 Å². The van der Waals surface area contributed by atoms with E-state index >= 15 is 0 Å². The minimum absolute atomic E-state index is 0.192. The first-order valence-electron chi connectivity index (χ1n) is 6.62. The number of benzene rings is 1. The number of nitrogen functional groups attached to an aromatic ring is 1. The molecule has 0 aliphatic heterocycles. The summed E-state index contributed by atoms with van der Waals surface area (Å²) in [5, 5.41) is 20.2. The summed E-state index contributed by atoms with van der Waals surface area (Å²) in [5.74, 6) is 0.812. The van der Waals surface area contributed by atoms with Crippen molar-refractivity contribution in [3.8, 4) is 11.3 Å². The van der Waals surface area contributed by atoms with E-state index in [4.69, 9.17) is 5.73 Å². The Morgan fingerprint density at radius 1 is 1.33 bits per heavy atom. The van der Waals surface area contributed by atoms with E-state index < -0.39 is 6.10 Å². The molecule has 0 amide bonds. The number of aliphatic hydroxyl groups is 1. The van der Waals surface area contributed by atoms with E-state index in [9.17, 15) is 5.11 Å². The Bertz CT molecular complexity index is 754. The maximum absolute atomic E-state index is 9.38. The van der Waals surface area contributed by atoms with Crippen LogP contribution in [0.25, 0.3) is 22.2 Å². The molecule has 0 aliphatic rings. The van der Waals surface area contributed by atoms with Crippen LogP contribution in [0.4, 0.5) is 11.8 Å². The van der Waals surface area contributed by atoms with Crippen molar-refractivity contribution < 1.29 is 5.11 Å². The van der Waals surface area contributed by atoms with Gasteiger partial charge in [-0.1, -0.05) is 6.07 Å². The third-order valence-corrected chi connectivity index (χ3v) is 3.09. The molecular weight excluding hydrogens is 268 g/mol. The van der Waals surface area contributed by atoms with E-state index in [1.807, 2.05) is 24.3 Å². The number of nitrogens with zero attached hydrogens (tertiary/aromatic N) is 3. The number of aromatic nitrogens is 4. The number of hydrogen-bond donors (Lipinski definition) is 4. The molecule has 2 aromatic heterocycles. The second kappa shape index (κ2) is 5.37. The molecule has 1 atom stereocenters. The number of aliphatic hydroxyl groups excluding tert-OH is 1. The number of nitrogens with two attached hydrogens (primary N) is 1. The summed E-state index contributed by atoms with van der Waals surface area (Å²) >= 11 is 0. The zero-order chi connectivity index (χ0) is 14.8. The van der Waals surface area contributed by atoms with Crippen molar-refractivity contribution in [1.82, 2.24) is 20.2 Å². The lowest BCUT2D eigenvalue weighted by atomic mass is 10.1. The maximum Gasteiger partial charge on any atom is 0.222 e. The van der Waals surface area contributed by atoms with Gasteiger partial charge in [0, 0.05) is 23.7 Å². The van der Waals surface area contributed by atoms with Crippen molar-refractivity contribution in [3.63, 3.8) is 0 Å². The number of rotatable bonds is 4. The molecule has 3 rings (SSSR count). The van der Waals surface area contributed by atoms with Gasteiger partial charge in [0.05, 0.1) is 17.3 Å². The molecule has 0 fully saturated rings. The van der Waals surface area contributed by atoms with Gasteiger partial charge < -0.3 is 16.2 Å². The molecule has 0 aliphatic carbocycles. The van der Waals surface area contributed by atoms with Gasteiger partial charge in [0.15, 0.2) is 0 Å². The fourth-order valence-electron chi connectivity index (χ4n) is 2.11. The lowest BCUT2D eigenvalue weighted by Crippen LogP contribution is -2.16. The van der Waals surface area contributed by atoms with Crippen LogP contribution in [-0.2, 0) is 0 Å². The number of nitrogens with one attached hydrogen (secondary N) is 2. The van der Waals surface area contributed by atoms with Gasteiger partial charge in [-0.2, -0.15) is 10.1 Å². The average Bonchev–Trinajstić information content (AvgIpc) is 2.98. The molecule has 5 N–H and O–H groups in total. The molecule has 108 valence electrons. The van der Waals surface area contributed by atoms with Crippen molar-refractivity contribution in [1.29, 1.82) is 0 Å². The molecule has 0 saturated heterocycles. The lowest BCUT2D eigenvalue weighted by molar-refractivity contribution is 0.208. The maximum atomic E-state index is 9.38. The number of H-pyrrole nitrogens is 1. The first kappa shape index (κ1) is 13.3. The highest BCUT2D eigenvalue weighted by molar-refractivity contribution is 5.92. The van der Waals surface area contributed by atoms with Crippen LogP contribution >= 0.6 is 0 Å². The van der Waals surface area contributed by atoms with Crippen molar-refractivity contribution in [2.75, 3.05) is 17.6 Å². The number of anilines is 2. The summed E-state index contributed by atoms with van der Waals surface area (Å²) in [7, 11) is 0. The van der Waals surface area contributed by atoms with Gasteiger partial charge in [-0.05, 0) is 25.1 Å². The fraction of sp³-hybridized carbons (Fsp3) is 0.214. The van der Waals surface area contributed by atoms with Crippen LogP contribution in [0.2, 0.25) is 0 Å². The van der Waals surface area contributed by atoms with Crippen LogP contribution < -0.4 is 11.1 Å². The SMILES string of the molecule is CC(O)CNc1nc(N)nc2cc(-c3ccn[nH]3)ccc12. The standard InChI is InChI=1S/C14H16N6O/c1-8(21)7-16-13-10-3-2-9(11-4-5-17-20-11)6-12(10)18-14(15)19-13/h2-6,8,21H,7H2,1H3,(H,17,20)(H3,15,16,18,19). The molecule has 7 nitrogen and oxygen atoms in total. The molecule has 0 spiro atoms. The Morgan fingerprint density at radius 3 is 2.90 bits per heavy atom.